The molecule has 6 nitrogen and oxygen atoms in total. The van der Waals surface area contributed by atoms with Gasteiger partial charge in [-0.15, -0.1) is 11.8 Å². The van der Waals surface area contributed by atoms with Crippen molar-refractivity contribution in [1.29, 1.82) is 0 Å². The van der Waals surface area contributed by atoms with Crippen LogP contribution in [0.2, 0.25) is 0 Å². The standard InChI is InChI=1S/C20H23ClN4O2S2/c1-13-14-11-16(9-10-24(2)12-14)25-19(22-13)18(20(23-25)28-3)29(26,27)17-6-4-5-15(21)7-8-17/h4-8,11,14,17H,9-10,12H2,1-3H3. The van der Waals surface area contributed by atoms with E-state index in [-0.39, 0.29) is 10.8 Å². The zero-order valence-electron chi connectivity index (χ0n) is 16.5. The van der Waals surface area contributed by atoms with E-state index in [2.05, 4.69) is 23.1 Å². The van der Waals surface area contributed by atoms with E-state index in [0.29, 0.717) is 15.9 Å². The fraction of sp³-hybridized carbons (Fsp3) is 0.400. The summed E-state index contributed by atoms with van der Waals surface area (Å²) in [5.74, 6) is 0.559. The van der Waals surface area contributed by atoms with Gasteiger partial charge in [0.25, 0.3) is 0 Å². The van der Waals surface area contributed by atoms with Crippen molar-refractivity contribution in [3.8, 4) is 0 Å². The van der Waals surface area contributed by atoms with E-state index < -0.39 is 15.1 Å². The van der Waals surface area contributed by atoms with Crippen LogP contribution in [-0.2, 0) is 9.84 Å². The van der Waals surface area contributed by atoms with Crippen LogP contribution in [0.15, 0.2) is 56.4 Å². The van der Waals surface area contributed by atoms with Crippen LogP contribution in [0.4, 0.5) is 5.82 Å². The van der Waals surface area contributed by atoms with Gasteiger partial charge in [0.05, 0.1) is 0 Å². The lowest BCUT2D eigenvalue weighted by Crippen LogP contribution is -2.27. The molecule has 3 heterocycles. The Morgan fingerprint density at radius 3 is 2.86 bits per heavy atom. The lowest BCUT2D eigenvalue weighted by molar-refractivity contribution is 0.337. The van der Waals surface area contributed by atoms with Crippen LogP contribution in [0, 0.1) is 5.92 Å². The van der Waals surface area contributed by atoms with Crippen LogP contribution in [0.25, 0.3) is 5.70 Å². The van der Waals surface area contributed by atoms with Crippen LogP contribution < -0.4 is 0 Å². The molecule has 9 heteroatoms. The average molecular weight is 451 g/mol. The summed E-state index contributed by atoms with van der Waals surface area (Å²) >= 11 is 7.36. The summed E-state index contributed by atoms with van der Waals surface area (Å²) in [6.45, 7) is 3.72. The third-order valence-corrected chi connectivity index (χ3v) is 8.40. The number of sulfone groups is 1. The van der Waals surface area contributed by atoms with Crippen LogP contribution >= 0.6 is 23.4 Å². The summed E-state index contributed by atoms with van der Waals surface area (Å²) < 4.78 is 29.0. The van der Waals surface area contributed by atoms with Crippen LogP contribution in [0.5, 0.6) is 0 Å². The molecule has 29 heavy (non-hydrogen) atoms. The predicted molar refractivity (Wildman–Crippen MR) is 120 cm³/mol. The van der Waals surface area contributed by atoms with E-state index in [0.717, 1.165) is 30.9 Å². The number of halogens is 1. The van der Waals surface area contributed by atoms with Gasteiger partial charge in [-0.05, 0) is 32.4 Å². The van der Waals surface area contributed by atoms with Crippen molar-refractivity contribution in [2.45, 2.75) is 28.5 Å². The number of aliphatic imine (C=N–C) groups is 1. The monoisotopic (exact) mass is 450 g/mol. The molecule has 2 unspecified atom stereocenters. The summed E-state index contributed by atoms with van der Waals surface area (Å²) in [7, 11) is -1.66. The maximum Gasteiger partial charge on any atom is 0.194 e. The molecule has 0 aromatic carbocycles. The molecule has 1 aromatic heterocycles. The molecule has 0 fully saturated rings. The second-order valence-corrected chi connectivity index (χ2v) is 10.7. The Hall–Kier alpha value is -1.61. The first-order chi connectivity index (χ1) is 13.8. The van der Waals surface area contributed by atoms with Crippen molar-refractivity contribution in [3.63, 3.8) is 0 Å². The molecule has 3 aliphatic rings. The minimum absolute atomic E-state index is 0.146. The largest absolute Gasteiger partial charge is 0.305 e. The predicted octanol–water partition coefficient (Wildman–Crippen LogP) is 3.89. The molecule has 0 amide bonds. The first kappa shape index (κ1) is 20.7. The maximum atomic E-state index is 13.7. The Morgan fingerprint density at radius 1 is 1.31 bits per heavy atom. The van der Waals surface area contributed by atoms with Gasteiger partial charge in [0.2, 0.25) is 0 Å². The number of allylic oxidation sites excluding steroid dienone is 4. The third kappa shape index (κ3) is 3.79. The second-order valence-electron chi connectivity index (χ2n) is 7.41. The van der Waals surface area contributed by atoms with Gasteiger partial charge in [-0.1, -0.05) is 35.9 Å². The second kappa shape index (κ2) is 7.91. The lowest BCUT2D eigenvalue weighted by atomic mass is 10.0. The molecule has 0 saturated heterocycles. The highest BCUT2D eigenvalue weighted by atomic mass is 35.5. The Morgan fingerprint density at radius 2 is 2.10 bits per heavy atom. The molecular weight excluding hydrogens is 428 g/mol. The van der Waals surface area contributed by atoms with Gasteiger partial charge in [-0.25, -0.2) is 18.1 Å². The minimum atomic E-state index is -3.75. The van der Waals surface area contributed by atoms with E-state index in [1.54, 1.807) is 35.1 Å². The molecule has 0 saturated carbocycles. The summed E-state index contributed by atoms with van der Waals surface area (Å²) in [4.78, 5) is 7.25. The van der Waals surface area contributed by atoms with Crippen molar-refractivity contribution in [2.24, 2.45) is 10.9 Å². The summed E-state index contributed by atoms with van der Waals surface area (Å²) in [5, 5.41) is 4.81. The maximum absolute atomic E-state index is 13.7. The fourth-order valence-electron chi connectivity index (χ4n) is 3.74. The molecule has 2 atom stereocenters. The van der Waals surface area contributed by atoms with E-state index in [1.807, 2.05) is 13.2 Å². The molecular formula is C20H23ClN4O2S2. The molecule has 2 aliphatic heterocycles. The van der Waals surface area contributed by atoms with Gasteiger partial charge >= 0.3 is 0 Å². The Labute approximate surface area is 180 Å². The normalized spacial score (nSPS) is 24.8. The molecule has 0 spiro atoms. The van der Waals surface area contributed by atoms with Gasteiger partial charge in [0, 0.05) is 41.9 Å². The number of fused-ring (bicyclic) bond motifs is 3. The van der Waals surface area contributed by atoms with Crippen molar-refractivity contribution in [3.05, 3.63) is 41.5 Å². The molecule has 1 aromatic rings. The first-order valence-corrected chi connectivity index (χ1v) is 12.5. The molecule has 4 rings (SSSR count). The number of aromatic nitrogens is 2. The van der Waals surface area contributed by atoms with Crippen molar-refractivity contribution >= 4 is 50.4 Å². The molecule has 154 valence electrons. The number of hydrogen-bond donors (Lipinski definition) is 0. The lowest BCUT2D eigenvalue weighted by Gasteiger charge is -2.19. The van der Waals surface area contributed by atoms with E-state index in [4.69, 9.17) is 16.6 Å². The van der Waals surface area contributed by atoms with Crippen LogP contribution in [0.1, 0.15) is 13.3 Å². The summed E-state index contributed by atoms with van der Waals surface area (Å²) in [6, 6.07) is 0. The molecule has 0 N–H and O–H groups in total. The summed E-state index contributed by atoms with van der Waals surface area (Å²) in [6.07, 6.45) is 13.0. The number of rotatable bonds is 3. The quantitative estimate of drug-likeness (QED) is 0.653. The highest BCUT2D eigenvalue weighted by Gasteiger charge is 2.36. The fourth-order valence-corrected chi connectivity index (χ4v) is 6.45. The number of thioether (sulfide) groups is 1. The van der Waals surface area contributed by atoms with Gasteiger partial charge in [-0.3, -0.25) is 0 Å². The topological polar surface area (TPSA) is 67.6 Å². The number of nitrogens with zero attached hydrogens (tertiary/aromatic N) is 4. The van der Waals surface area contributed by atoms with Gasteiger partial charge in [0.15, 0.2) is 15.7 Å². The Bertz CT molecular complexity index is 1100. The highest BCUT2D eigenvalue weighted by molar-refractivity contribution is 7.99. The SMILES string of the molecule is CSc1nn2c(c1S(=O)(=O)C1C=CC=C(Cl)C=C1)N=C(C)C1C=C2CCN(C)C1. The van der Waals surface area contributed by atoms with Crippen LogP contribution in [-0.4, -0.2) is 60.5 Å². The first-order valence-electron chi connectivity index (χ1n) is 9.39. The smallest absolute Gasteiger partial charge is 0.194 e. The number of hydrogen-bond acceptors (Lipinski definition) is 6. The zero-order valence-corrected chi connectivity index (χ0v) is 18.9. The zero-order chi connectivity index (χ0) is 20.8. The summed E-state index contributed by atoms with van der Waals surface area (Å²) in [5.41, 5.74) is 1.90. The van der Waals surface area contributed by atoms with Crippen LogP contribution in [0.3, 0.4) is 0 Å². The van der Waals surface area contributed by atoms with Crippen molar-refractivity contribution in [2.75, 3.05) is 26.4 Å². The molecule has 1 aliphatic carbocycles. The van der Waals surface area contributed by atoms with Gasteiger partial charge < -0.3 is 4.90 Å². The van der Waals surface area contributed by atoms with E-state index >= 15 is 0 Å². The van der Waals surface area contributed by atoms with Gasteiger partial charge in [0.1, 0.15) is 15.2 Å². The Balaban J connectivity index is 1.89. The van der Waals surface area contributed by atoms with Crippen molar-refractivity contribution in [1.82, 2.24) is 14.7 Å². The molecule has 0 radical (unpaired) electrons. The van der Waals surface area contributed by atoms with E-state index in [9.17, 15) is 8.42 Å². The molecule has 2 bridgehead atoms. The average Bonchev–Trinajstić information content (AvgIpc) is 2.81. The third-order valence-electron chi connectivity index (χ3n) is 5.37. The van der Waals surface area contributed by atoms with E-state index in [1.165, 1.54) is 11.8 Å². The van der Waals surface area contributed by atoms with Gasteiger partial charge in [-0.2, -0.15) is 5.10 Å². The highest BCUT2D eigenvalue weighted by Crippen LogP contribution is 2.40. The van der Waals surface area contributed by atoms with Crippen molar-refractivity contribution < 1.29 is 8.42 Å². The minimum Gasteiger partial charge on any atom is -0.305 e. The Kier molecular flexibility index (Phi) is 5.63.